The summed E-state index contributed by atoms with van der Waals surface area (Å²) in [5, 5.41) is 2.90. The summed E-state index contributed by atoms with van der Waals surface area (Å²) in [6.07, 6.45) is 0. The van der Waals surface area contributed by atoms with Crippen LogP contribution in [0.4, 0.5) is 0 Å². The smallest absolute Gasteiger partial charge is 0.253 e. The lowest BCUT2D eigenvalue weighted by Crippen LogP contribution is -2.27. The van der Waals surface area contributed by atoms with Crippen molar-refractivity contribution >= 4 is 5.91 Å². The minimum atomic E-state index is -0.129. The maximum Gasteiger partial charge on any atom is 0.253 e. The van der Waals surface area contributed by atoms with E-state index in [1.165, 1.54) is 0 Å². The molecule has 0 spiro atoms. The fourth-order valence-corrected chi connectivity index (χ4v) is 3.26. The van der Waals surface area contributed by atoms with Crippen molar-refractivity contribution in [3.8, 4) is 28.4 Å². The van der Waals surface area contributed by atoms with Crippen LogP contribution in [0.25, 0.3) is 16.9 Å². The molecule has 29 heavy (non-hydrogen) atoms. The number of aromatic nitrogens is 1. The quantitative estimate of drug-likeness (QED) is 0.590. The SMILES string of the molecule is COCCNC(=O)c1cc(-c2ccc(OC)cc2)n(-c2cccc(OC)c2)c1C. The first-order chi connectivity index (χ1) is 14.1. The molecule has 0 aliphatic rings. The molecule has 152 valence electrons. The van der Waals surface area contributed by atoms with Gasteiger partial charge in [0, 0.05) is 31.1 Å². The average molecular weight is 394 g/mol. The summed E-state index contributed by atoms with van der Waals surface area (Å²) >= 11 is 0. The minimum absolute atomic E-state index is 0.129. The number of hydrogen-bond acceptors (Lipinski definition) is 4. The molecule has 0 atom stereocenters. The second-order valence-electron chi connectivity index (χ2n) is 6.54. The van der Waals surface area contributed by atoms with Gasteiger partial charge in [-0.1, -0.05) is 6.07 Å². The Bertz CT molecular complexity index is 977. The van der Waals surface area contributed by atoms with Crippen molar-refractivity contribution in [3.63, 3.8) is 0 Å². The molecule has 0 saturated carbocycles. The van der Waals surface area contributed by atoms with Crippen molar-refractivity contribution in [3.05, 3.63) is 65.9 Å². The predicted octanol–water partition coefficient (Wildman–Crippen LogP) is 3.85. The number of amides is 1. The van der Waals surface area contributed by atoms with Gasteiger partial charge in [-0.15, -0.1) is 0 Å². The molecule has 0 saturated heterocycles. The van der Waals surface area contributed by atoms with Crippen LogP contribution in [0.2, 0.25) is 0 Å². The summed E-state index contributed by atoms with van der Waals surface area (Å²) < 4.78 is 17.8. The highest BCUT2D eigenvalue weighted by atomic mass is 16.5. The Morgan fingerprint density at radius 3 is 2.34 bits per heavy atom. The van der Waals surface area contributed by atoms with Gasteiger partial charge in [0.05, 0.1) is 32.1 Å². The molecule has 1 aromatic heterocycles. The first-order valence-electron chi connectivity index (χ1n) is 9.37. The lowest BCUT2D eigenvalue weighted by molar-refractivity contribution is 0.0936. The first kappa shape index (κ1) is 20.5. The Morgan fingerprint density at radius 1 is 0.966 bits per heavy atom. The summed E-state index contributed by atoms with van der Waals surface area (Å²) in [5.74, 6) is 1.40. The third-order valence-electron chi connectivity index (χ3n) is 4.78. The van der Waals surface area contributed by atoms with Crippen LogP contribution in [0.5, 0.6) is 11.5 Å². The molecular weight excluding hydrogens is 368 g/mol. The molecule has 6 heteroatoms. The molecule has 0 bridgehead atoms. The van der Waals surface area contributed by atoms with Crippen molar-refractivity contribution in [2.75, 3.05) is 34.5 Å². The topological polar surface area (TPSA) is 61.7 Å². The van der Waals surface area contributed by atoms with Crippen LogP contribution in [-0.2, 0) is 4.74 Å². The monoisotopic (exact) mass is 394 g/mol. The molecular formula is C23H26N2O4. The van der Waals surface area contributed by atoms with Crippen LogP contribution in [-0.4, -0.2) is 45.0 Å². The van der Waals surface area contributed by atoms with Gasteiger partial charge in [0.2, 0.25) is 0 Å². The van der Waals surface area contributed by atoms with Crippen LogP contribution < -0.4 is 14.8 Å². The van der Waals surface area contributed by atoms with Crippen LogP contribution >= 0.6 is 0 Å². The molecule has 1 heterocycles. The van der Waals surface area contributed by atoms with Crippen molar-refractivity contribution in [2.45, 2.75) is 6.92 Å². The molecule has 1 amide bonds. The Balaban J connectivity index is 2.11. The average Bonchev–Trinajstić information content (AvgIpc) is 3.11. The van der Waals surface area contributed by atoms with Crippen LogP contribution in [0.3, 0.4) is 0 Å². The van der Waals surface area contributed by atoms with Crippen molar-refractivity contribution in [1.29, 1.82) is 0 Å². The number of hydrogen-bond donors (Lipinski definition) is 1. The Hall–Kier alpha value is -3.25. The van der Waals surface area contributed by atoms with E-state index in [9.17, 15) is 4.79 Å². The third-order valence-corrected chi connectivity index (χ3v) is 4.78. The summed E-state index contributed by atoms with van der Waals surface area (Å²) in [7, 11) is 4.89. The maximum absolute atomic E-state index is 12.8. The van der Waals surface area contributed by atoms with Gasteiger partial charge in [0.1, 0.15) is 11.5 Å². The Kier molecular flexibility index (Phi) is 6.57. The van der Waals surface area contributed by atoms with Crippen molar-refractivity contribution < 1.29 is 19.0 Å². The maximum atomic E-state index is 12.8. The lowest BCUT2D eigenvalue weighted by atomic mass is 10.1. The molecule has 3 aromatic rings. The van der Waals surface area contributed by atoms with Crippen LogP contribution in [0, 0.1) is 6.92 Å². The van der Waals surface area contributed by atoms with Gasteiger partial charge in [-0.2, -0.15) is 0 Å². The van der Waals surface area contributed by atoms with E-state index >= 15 is 0 Å². The zero-order valence-electron chi connectivity index (χ0n) is 17.2. The fraction of sp³-hybridized carbons (Fsp3) is 0.261. The number of benzene rings is 2. The molecule has 0 aliphatic carbocycles. The number of carbonyl (C=O) groups excluding carboxylic acids is 1. The van der Waals surface area contributed by atoms with Gasteiger partial charge >= 0.3 is 0 Å². The number of nitrogens with one attached hydrogen (secondary N) is 1. The van der Waals surface area contributed by atoms with E-state index in [4.69, 9.17) is 14.2 Å². The van der Waals surface area contributed by atoms with E-state index in [1.807, 2.05) is 61.5 Å². The second kappa shape index (κ2) is 9.30. The summed E-state index contributed by atoms with van der Waals surface area (Å²) in [5.41, 5.74) is 4.28. The standard InChI is InChI=1S/C23H26N2O4/c1-16-21(23(26)24-12-13-27-2)15-22(17-8-10-19(28-3)11-9-17)25(16)18-6-5-7-20(14-18)29-4/h5-11,14-15H,12-13H2,1-4H3,(H,24,26). The highest BCUT2D eigenvalue weighted by Gasteiger charge is 2.20. The minimum Gasteiger partial charge on any atom is -0.497 e. The van der Waals surface area contributed by atoms with E-state index in [0.29, 0.717) is 18.7 Å². The van der Waals surface area contributed by atoms with Gasteiger partial charge in [0.15, 0.2) is 0 Å². The second-order valence-corrected chi connectivity index (χ2v) is 6.54. The first-order valence-corrected chi connectivity index (χ1v) is 9.37. The Labute approximate surface area is 171 Å². The van der Waals surface area contributed by atoms with E-state index in [0.717, 1.165) is 34.1 Å². The number of methoxy groups -OCH3 is 3. The van der Waals surface area contributed by atoms with E-state index < -0.39 is 0 Å². The largest absolute Gasteiger partial charge is 0.497 e. The highest BCUT2D eigenvalue weighted by molar-refractivity contribution is 5.97. The highest BCUT2D eigenvalue weighted by Crippen LogP contribution is 2.31. The summed E-state index contributed by atoms with van der Waals surface area (Å²) in [6.45, 7) is 2.86. The zero-order valence-corrected chi connectivity index (χ0v) is 17.2. The van der Waals surface area contributed by atoms with Crippen molar-refractivity contribution in [1.82, 2.24) is 9.88 Å². The third kappa shape index (κ3) is 4.43. The number of rotatable bonds is 8. The molecule has 0 radical (unpaired) electrons. The molecule has 0 unspecified atom stereocenters. The number of nitrogens with zero attached hydrogens (tertiary/aromatic N) is 1. The zero-order chi connectivity index (χ0) is 20.8. The molecule has 0 aliphatic heterocycles. The summed E-state index contributed by atoms with van der Waals surface area (Å²) in [4.78, 5) is 12.8. The molecule has 0 fully saturated rings. The van der Waals surface area contributed by atoms with Crippen LogP contribution in [0.15, 0.2) is 54.6 Å². The van der Waals surface area contributed by atoms with E-state index in [2.05, 4.69) is 9.88 Å². The Morgan fingerprint density at radius 2 is 1.69 bits per heavy atom. The van der Waals surface area contributed by atoms with Gasteiger partial charge < -0.3 is 24.1 Å². The van der Waals surface area contributed by atoms with E-state index in [1.54, 1.807) is 21.3 Å². The fourth-order valence-electron chi connectivity index (χ4n) is 3.26. The molecule has 6 nitrogen and oxygen atoms in total. The number of carbonyl (C=O) groups is 1. The summed E-state index contributed by atoms with van der Waals surface area (Å²) in [6, 6.07) is 17.5. The van der Waals surface area contributed by atoms with Gasteiger partial charge in [-0.3, -0.25) is 4.79 Å². The molecule has 1 N–H and O–H groups in total. The van der Waals surface area contributed by atoms with Crippen molar-refractivity contribution in [2.24, 2.45) is 0 Å². The molecule has 3 rings (SSSR count). The normalized spacial score (nSPS) is 10.6. The molecule has 2 aromatic carbocycles. The van der Waals surface area contributed by atoms with Gasteiger partial charge in [-0.25, -0.2) is 0 Å². The van der Waals surface area contributed by atoms with Gasteiger partial charge in [-0.05, 0) is 55.0 Å². The lowest BCUT2D eigenvalue weighted by Gasteiger charge is -2.14. The number of ether oxygens (including phenoxy) is 3. The predicted molar refractivity (Wildman–Crippen MR) is 113 cm³/mol. The van der Waals surface area contributed by atoms with Crippen LogP contribution in [0.1, 0.15) is 16.1 Å². The van der Waals surface area contributed by atoms with E-state index in [-0.39, 0.29) is 5.91 Å². The van der Waals surface area contributed by atoms with Gasteiger partial charge in [0.25, 0.3) is 5.91 Å².